The molecule has 0 saturated carbocycles. The Hall–Kier alpha value is -10.2. The largest absolute Gasteiger partial charge is 0.490 e. The molecule has 8 atom stereocenters. The van der Waals surface area contributed by atoms with Crippen molar-refractivity contribution < 1.29 is 138 Å². The van der Waals surface area contributed by atoms with Gasteiger partial charge in [-0.3, -0.25) is 61.4 Å². The van der Waals surface area contributed by atoms with E-state index in [1.807, 2.05) is 52.1 Å². The Labute approximate surface area is 879 Å². The molecule has 7 saturated heterocycles. The van der Waals surface area contributed by atoms with E-state index in [4.69, 9.17) is 43.4 Å². The fourth-order valence-electron chi connectivity index (χ4n) is 18.4. The van der Waals surface area contributed by atoms with Crippen LogP contribution in [0, 0.1) is 5.92 Å². The number of carbonyl (C=O) groups excluding carboxylic acids is 10. The molecule has 0 bridgehead atoms. The molecule has 3 unspecified atom stereocenters. The van der Waals surface area contributed by atoms with Crippen LogP contribution in [0.3, 0.4) is 0 Å². The number of rotatable bonds is 70. The maximum absolute atomic E-state index is 14.7. The van der Waals surface area contributed by atoms with Crippen LogP contribution in [0.2, 0.25) is 0 Å². The molecule has 7 aliphatic rings. The Morgan fingerprint density at radius 3 is 1.07 bits per heavy atom. The number of aliphatic carboxylic acids is 1. The van der Waals surface area contributed by atoms with E-state index in [-0.39, 0.29) is 228 Å². The van der Waals surface area contributed by atoms with Crippen LogP contribution in [0.15, 0.2) is 24.3 Å². The number of aromatic nitrogens is 3. The molecule has 0 spiro atoms. The van der Waals surface area contributed by atoms with Crippen LogP contribution in [0.25, 0.3) is 0 Å². The number of anilines is 3. The third kappa shape index (κ3) is 43.4. The number of carbonyl (C=O) groups is 11. The maximum atomic E-state index is 14.7. The maximum Gasteiger partial charge on any atom is 0.315 e. The Morgan fingerprint density at radius 2 is 0.711 bits per heavy atom. The van der Waals surface area contributed by atoms with Crippen molar-refractivity contribution in [2.24, 2.45) is 5.92 Å². The summed E-state index contributed by atoms with van der Waals surface area (Å²) in [4.78, 5) is 168. The molecule has 7 aliphatic heterocycles. The molecule has 0 aliphatic carbocycles. The number of benzene rings is 2. The SMILES string of the molecule is CCCOc1cc(C(=O)NCCCCC(NC(=O)CCCCCNC(=O)CCCC[C@H]2SC[C@H]3NC(=O)N[C@H]32)C(=O)NC2CCN(c3nc(N4CCC(NC(=O)C(CCCCNC(=O)c5cc(OCCCS(=O)(=O)O)c(OCCCS(=O)(=O)O)c(OCCCS(=O)(=O)O)c5)NC(=O)CCCCCNC(=O)CCCCC5SC[C@@H]6NC(=O)N[C@H]56)CC4)nc(N4CCC(C(=O)O)CC4)n3)CC2)cc(OCCCS(=O)(=O)O)c1OCCC. The first kappa shape index (κ1) is 121. The van der Waals surface area contributed by atoms with Gasteiger partial charge in [-0.25, -0.2) is 9.59 Å². The highest BCUT2D eigenvalue weighted by Crippen LogP contribution is 2.43. The van der Waals surface area contributed by atoms with E-state index in [1.165, 1.54) is 24.3 Å². The molecule has 8 heterocycles. The van der Waals surface area contributed by atoms with Gasteiger partial charge in [0.15, 0.2) is 23.0 Å². The van der Waals surface area contributed by atoms with Gasteiger partial charge in [0, 0.05) is 136 Å². The summed E-state index contributed by atoms with van der Waals surface area (Å²) in [6.45, 7) is 6.23. The van der Waals surface area contributed by atoms with Crippen molar-refractivity contribution in [1.29, 1.82) is 0 Å². The van der Waals surface area contributed by atoms with E-state index in [0.717, 1.165) is 37.2 Å². The summed E-state index contributed by atoms with van der Waals surface area (Å²) in [5, 5.41) is 46.4. The Morgan fingerprint density at radius 1 is 0.396 bits per heavy atom. The molecular formula is C95H150N18O30S6. The molecule has 836 valence electrons. The standard InChI is InChI=1S/C95H150N18O30S6/c1-3-47-138-72-57-64(58-73(84(72)142-48-4-2)139-49-19-53-146(126,127)128)86(118)98-39-17-13-23-68(102-80(116)29-7-5-15-37-96-78(114)27-11-9-25-76-82-70(61-144-76)104-94(124)106-82)88(120)100-66-33-43-112(44-34-66)92-108-91(111-41-31-63(32-42-111)90(122)123)109-93(110-92)113-45-35-67(36-46-113)101-89(121)69(103-81(117)30-8-6-16-38-97-79(115)28-12-10-26-77-83-71(62-145-77)105-95(125)107-83)24-14-18-40-99-87(119)65-59-74(140-50-20-54-147(129,130)131)85(143-52-22-56-149(135,136)137)75(60-65)141-51-21-55-148(132,133)134/h57-60,63,66-71,76-77,82-83H,3-56,61-62H2,1-2H3,(H,96,114)(H,97,115)(H,98,118)(H,99,119)(H,100,120)(H,101,121)(H,102,116)(H,103,117)(H,122,123)(H2,104,106,124)(H2,105,107,125)(H,126,127,128)(H,129,130,131)(H,132,133,134)(H,135,136,137)/t68?,69?,70-,71+,76-,77?,82-,83+/m1/s1. The van der Waals surface area contributed by atoms with E-state index >= 15 is 0 Å². The number of fused-ring (bicyclic) bond motifs is 2. The van der Waals surface area contributed by atoms with Crippen LogP contribution in [0.4, 0.5) is 27.4 Å². The lowest BCUT2D eigenvalue weighted by molar-refractivity contribution is -0.142. The molecule has 7 fully saturated rings. The molecule has 3 aromatic rings. The van der Waals surface area contributed by atoms with Crippen molar-refractivity contribution in [3.8, 4) is 34.5 Å². The number of piperidine rings is 3. The average molecular weight is 2220 g/mol. The second-order valence-corrected chi connectivity index (χ2v) is 47.3. The van der Waals surface area contributed by atoms with Gasteiger partial charge in [-0.15, -0.1) is 0 Å². The van der Waals surface area contributed by atoms with E-state index < -0.39 is 123 Å². The van der Waals surface area contributed by atoms with Gasteiger partial charge in [0.25, 0.3) is 52.3 Å². The van der Waals surface area contributed by atoms with Gasteiger partial charge in [0.1, 0.15) is 12.1 Å². The quantitative estimate of drug-likeness (QED) is 0.0188. The molecule has 54 heteroatoms. The second-order valence-electron chi connectivity index (χ2n) is 38.4. The number of nitrogens with zero attached hydrogens (tertiary/aromatic N) is 6. The number of urea groups is 2. The summed E-state index contributed by atoms with van der Waals surface area (Å²) in [5.74, 6) is -4.45. The van der Waals surface area contributed by atoms with Crippen molar-refractivity contribution >= 4 is 147 Å². The summed E-state index contributed by atoms with van der Waals surface area (Å²) in [5.41, 5.74) is 0.0520. The van der Waals surface area contributed by atoms with E-state index in [9.17, 15) is 110 Å². The van der Waals surface area contributed by atoms with Crippen LogP contribution >= 0.6 is 23.5 Å². The summed E-state index contributed by atoms with van der Waals surface area (Å²) in [6, 6.07) is 2.77. The lowest BCUT2D eigenvalue weighted by Gasteiger charge is -2.36. The van der Waals surface area contributed by atoms with Crippen LogP contribution < -0.4 is 107 Å². The molecule has 2 aromatic carbocycles. The molecule has 17 N–H and O–H groups in total. The predicted molar refractivity (Wildman–Crippen MR) is 557 cm³/mol. The second kappa shape index (κ2) is 61.5. The Balaban J connectivity index is 0.765. The lowest BCUT2D eigenvalue weighted by Crippen LogP contribution is -2.52. The zero-order valence-electron chi connectivity index (χ0n) is 84.8. The van der Waals surface area contributed by atoms with Crippen LogP contribution in [-0.4, -0.2) is 336 Å². The minimum atomic E-state index is -4.44. The fourth-order valence-corrected chi connectivity index (χ4v) is 23.4. The minimum absolute atomic E-state index is 0.00125. The molecule has 0 radical (unpaired) electrons. The zero-order chi connectivity index (χ0) is 107. The molecule has 12 amide bonds. The predicted octanol–water partition coefficient (Wildman–Crippen LogP) is 5.52. The first-order valence-electron chi connectivity index (χ1n) is 52.1. The highest BCUT2D eigenvalue weighted by atomic mass is 32.2. The summed E-state index contributed by atoms with van der Waals surface area (Å²) in [6.07, 6.45) is 13.4. The highest BCUT2D eigenvalue weighted by Gasteiger charge is 2.45. The van der Waals surface area contributed by atoms with Gasteiger partial charge in [0.2, 0.25) is 64.8 Å². The summed E-state index contributed by atoms with van der Waals surface area (Å²) >= 11 is 3.65. The topological polar surface area (TPSA) is 674 Å². The molecular weight excluding hydrogens is 2070 g/mol. The van der Waals surface area contributed by atoms with Gasteiger partial charge >= 0.3 is 18.0 Å². The van der Waals surface area contributed by atoms with Crippen molar-refractivity contribution in [2.75, 3.05) is 154 Å². The van der Waals surface area contributed by atoms with E-state index in [0.29, 0.717) is 204 Å². The number of unbranched alkanes of at least 4 members (excludes halogenated alkanes) is 8. The molecule has 1 aromatic heterocycles. The zero-order valence-corrected chi connectivity index (χ0v) is 89.7. The fraction of sp³-hybridized carbons (Fsp3) is 0.726. The number of carboxylic acids is 1. The summed E-state index contributed by atoms with van der Waals surface area (Å²) in [7, 11) is -17.6. The van der Waals surface area contributed by atoms with Gasteiger partial charge in [-0.1, -0.05) is 39.5 Å². The number of ether oxygens (including phenoxy) is 6. The van der Waals surface area contributed by atoms with Gasteiger partial charge in [-0.05, 0) is 191 Å². The number of amides is 12. The molecule has 10 rings (SSSR count). The smallest absolute Gasteiger partial charge is 0.315 e. The van der Waals surface area contributed by atoms with E-state index in [2.05, 4.69) is 63.8 Å². The van der Waals surface area contributed by atoms with Crippen LogP contribution in [-0.2, 0) is 74.0 Å². The Kier molecular flexibility index (Phi) is 49.7. The Bertz CT molecular complexity index is 5310. The first-order chi connectivity index (χ1) is 71.2. The monoisotopic (exact) mass is 2210 g/mol. The lowest BCUT2D eigenvalue weighted by atomic mass is 9.97. The van der Waals surface area contributed by atoms with Gasteiger partial charge < -0.3 is 112 Å². The number of hydrogen-bond donors (Lipinski definition) is 17. The third-order valence-electron chi connectivity index (χ3n) is 26.3. The molecule has 149 heavy (non-hydrogen) atoms. The first-order valence-corrected chi connectivity index (χ1v) is 60.6. The summed E-state index contributed by atoms with van der Waals surface area (Å²) < 4.78 is 165. The highest BCUT2D eigenvalue weighted by molar-refractivity contribution is 8.00. The van der Waals surface area contributed by atoms with E-state index in [1.54, 1.807) is 0 Å². The van der Waals surface area contributed by atoms with Crippen LogP contribution in [0.1, 0.15) is 253 Å². The third-order valence-corrected chi connectivity index (χ3v) is 32.6. The van der Waals surface area contributed by atoms with Crippen molar-refractivity contribution in [3.63, 3.8) is 0 Å². The minimum Gasteiger partial charge on any atom is -0.490 e. The number of nitrogens with one attached hydrogen (secondary N) is 12. The van der Waals surface area contributed by atoms with Gasteiger partial charge in [0.05, 0.1) is 92.7 Å². The average Bonchev–Trinajstić information content (AvgIpc) is 1.45. The van der Waals surface area contributed by atoms with Crippen LogP contribution in [0.5, 0.6) is 34.5 Å². The van der Waals surface area contributed by atoms with Crippen molar-refractivity contribution in [3.05, 3.63) is 35.4 Å². The van der Waals surface area contributed by atoms with Gasteiger partial charge in [-0.2, -0.15) is 72.1 Å². The normalized spacial score (nSPS) is 19.0. The van der Waals surface area contributed by atoms with Crippen molar-refractivity contribution in [2.45, 2.75) is 291 Å². The number of thioether (sulfide) groups is 2. The number of carboxylic acid groups (broad SMARTS) is 1. The number of hydrogen-bond acceptors (Lipinski definition) is 33. The van der Waals surface area contributed by atoms with Crippen molar-refractivity contribution in [1.82, 2.24) is 78.8 Å². The molecule has 48 nitrogen and oxygen atoms in total.